The van der Waals surface area contributed by atoms with Crippen molar-refractivity contribution in [2.75, 3.05) is 13.1 Å². The standard InChI is InChI=1S/C16H14F2N2O2/c17-13-3-1-11(15(21)7-13)9-19-5-6-20-10-12-2-4-14(18)8-16(12)22/h1-4,7-10,21-22H,5-6H2. The lowest BCUT2D eigenvalue weighted by Gasteiger charge is -1.98. The summed E-state index contributed by atoms with van der Waals surface area (Å²) in [6.45, 7) is 0.713. The molecule has 114 valence electrons. The van der Waals surface area contributed by atoms with Crippen molar-refractivity contribution in [3.05, 3.63) is 59.2 Å². The Hall–Kier alpha value is -2.76. The molecule has 2 rings (SSSR count). The Labute approximate surface area is 126 Å². The lowest BCUT2D eigenvalue weighted by molar-refractivity contribution is 0.467. The van der Waals surface area contributed by atoms with E-state index in [2.05, 4.69) is 9.98 Å². The molecule has 0 aliphatic heterocycles. The van der Waals surface area contributed by atoms with Gasteiger partial charge in [-0.25, -0.2) is 8.78 Å². The largest absolute Gasteiger partial charge is 0.507 e. The molecule has 0 amide bonds. The third-order valence-electron chi connectivity index (χ3n) is 2.80. The lowest BCUT2D eigenvalue weighted by Crippen LogP contribution is -1.91. The molecule has 22 heavy (non-hydrogen) atoms. The maximum Gasteiger partial charge on any atom is 0.127 e. The SMILES string of the molecule is Oc1cc(F)ccc1C=NCCN=Cc1ccc(F)cc1O. The fourth-order valence-electron chi connectivity index (χ4n) is 1.69. The molecule has 0 saturated carbocycles. The van der Waals surface area contributed by atoms with Gasteiger partial charge in [-0.15, -0.1) is 0 Å². The zero-order valence-corrected chi connectivity index (χ0v) is 11.6. The summed E-state index contributed by atoms with van der Waals surface area (Å²) in [6.07, 6.45) is 2.86. The Balaban J connectivity index is 1.86. The summed E-state index contributed by atoms with van der Waals surface area (Å²) < 4.78 is 25.6. The van der Waals surface area contributed by atoms with Gasteiger partial charge >= 0.3 is 0 Å². The second-order valence-corrected chi connectivity index (χ2v) is 4.48. The molecule has 0 spiro atoms. The van der Waals surface area contributed by atoms with Gasteiger partial charge in [0, 0.05) is 35.7 Å². The van der Waals surface area contributed by atoms with Crippen LogP contribution in [0.5, 0.6) is 11.5 Å². The van der Waals surface area contributed by atoms with Gasteiger partial charge in [0.2, 0.25) is 0 Å². The summed E-state index contributed by atoms with van der Waals surface area (Å²) in [5, 5.41) is 19.0. The van der Waals surface area contributed by atoms with Crippen LogP contribution in [-0.2, 0) is 0 Å². The fraction of sp³-hybridized carbons (Fsp3) is 0.125. The Kier molecular flexibility index (Phi) is 5.19. The molecule has 2 aromatic rings. The molecule has 0 unspecified atom stereocenters. The van der Waals surface area contributed by atoms with Crippen LogP contribution in [0.1, 0.15) is 11.1 Å². The second-order valence-electron chi connectivity index (χ2n) is 4.48. The highest BCUT2D eigenvalue weighted by Gasteiger charge is 2.00. The maximum absolute atomic E-state index is 12.8. The average Bonchev–Trinajstić information content (AvgIpc) is 2.46. The van der Waals surface area contributed by atoms with E-state index in [4.69, 9.17) is 0 Å². The molecular formula is C16H14F2N2O2. The number of hydrogen-bond donors (Lipinski definition) is 2. The number of aliphatic imine (C=N–C) groups is 2. The van der Waals surface area contributed by atoms with Gasteiger partial charge in [-0.3, -0.25) is 9.98 Å². The van der Waals surface area contributed by atoms with Crippen molar-refractivity contribution in [1.82, 2.24) is 0 Å². The first-order valence-electron chi connectivity index (χ1n) is 6.53. The Morgan fingerprint density at radius 1 is 0.773 bits per heavy atom. The third kappa shape index (κ3) is 4.37. The number of halogens is 2. The molecule has 0 saturated heterocycles. The van der Waals surface area contributed by atoms with E-state index in [0.717, 1.165) is 12.1 Å². The molecule has 0 atom stereocenters. The summed E-state index contributed by atoms with van der Waals surface area (Å²) in [5.41, 5.74) is 0.836. The van der Waals surface area contributed by atoms with E-state index in [1.807, 2.05) is 0 Å². The van der Waals surface area contributed by atoms with Crippen molar-refractivity contribution in [2.24, 2.45) is 9.98 Å². The van der Waals surface area contributed by atoms with E-state index in [1.54, 1.807) is 0 Å². The van der Waals surface area contributed by atoms with Gasteiger partial charge in [0.05, 0.1) is 13.1 Å². The second kappa shape index (κ2) is 7.31. The van der Waals surface area contributed by atoms with Crippen molar-refractivity contribution in [1.29, 1.82) is 0 Å². The molecule has 4 nitrogen and oxygen atoms in total. The zero-order chi connectivity index (χ0) is 15.9. The summed E-state index contributed by atoms with van der Waals surface area (Å²) >= 11 is 0. The summed E-state index contributed by atoms with van der Waals surface area (Å²) in [7, 11) is 0. The number of hydrogen-bond acceptors (Lipinski definition) is 4. The first kappa shape index (κ1) is 15.6. The minimum absolute atomic E-state index is 0.177. The van der Waals surface area contributed by atoms with Crippen molar-refractivity contribution >= 4 is 12.4 Å². The number of phenolic OH excluding ortho intramolecular Hbond substituents is 2. The van der Waals surface area contributed by atoms with Crippen LogP contribution in [-0.4, -0.2) is 35.7 Å². The van der Waals surface area contributed by atoms with Crippen molar-refractivity contribution in [3.63, 3.8) is 0 Å². The van der Waals surface area contributed by atoms with Crippen LogP contribution in [0.4, 0.5) is 8.78 Å². The van der Waals surface area contributed by atoms with Crippen LogP contribution < -0.4 is 0 Å². The van der Waals surface area contributed by atoms with Gasteiger partial charge in [-0.05, 0) is 24.3 Å². The molecule has 2 N–H and O–H groups in total. The highest BCUT2D eigenvalue weighted by Crippen LogP contribution is 2.16. The number of rotatable bonds is 5. The first-order chi connectivity index (χ1) is 10.6. The normalized spacial score (nSPS) is 11.5. The maximum atomic E-state index is 12.8. The minimum Gasteiger partial charge on any atom is -0.507 e. The van der Waals surface area contributed by atoms with Gasteiger partial charge < -0.3 is 10.2 Å². The summed E-state index contributed by atoms with van der Waals surface area (Å²) in [6, 6.07) is 7.34. The quantitative estimate of drug-likeness (QED) is 0.659. The smallest absolute Gasteiger partial charge is 0.127 e. The van der Waals surface area contributed by atoms with E-state index in [0.29, 0.717) is 24.2 Å². The molecule has 6 heteroatoms. The van der Waals surface area contributed by atoms with E-state index in [1.165, 1.54) is 36.7 Å². The van der Waals surface area contributed by atoms with Gasteiger partial charge in [0.25, 0.3) is 0 Å². The van der Waals surface area contributed by atoms with E-state index < -0.39 is 11.6 Å². The summed E-state index contributed by atoms with van der Waals surface area (Å²) in [5.74, 6) is -1.39. The van der Waals surface area contributed by atoms with Crippen LogP contribution in [0.15, 0.2) is 46.4 Å². The van der Waals surface area contributed by atoms with Gasteiger partial charge in [-0.1, -0.05) is 0 Å². The Bertz CT molecular complexity index is 654. The van der Waals surface area contributed by atoms with E-state index in [-0.39, 0.29) is 11.5 Å². The molecule has 0 bridgehead atoms. The molecule has 0 aliphatic rings. The average molecular weight is 304 g/mol. The predicted molar refractivity (Wildman–Crippen MR) is 81.1 cm³/mol. The van der Waals surface area contributed by atoms with Crippen LogP contribution >= 0.6 is 0 Å². The third-order valence-corrected chi connectivity index (χ3v) is 2.80. The monoisotopic (exact) mass is 304 g/mol. The molecule has 0 heterocycles. The summed E-state index contributed by atoms with van der Waals surface area (Å²) in [4.78, 5) is 8.11. The van der Waals surface area contributed by atoms with Crippen LogP contribution in [0.3, 0.4) is 0 Å². The topological polar surface area (TPSA) is 65.2 Å². The molecule has 2 aromatic carbocycles. The van der Waals surface area contributed by atoms with Crippen LogP contribution in [0, 0.1) is 11.6 Å². The fourth-order valence-corrected chi connectivity index (χ4v) is 1.69. The molecule has 0 radical (unpaired) electrons. The Morgan fingerprint density at radius 2 is 1.18 bits per heavy atom. The van der Waals surface area contributed by atoms with Crippen LogP contribution in [0.25, 0.3) is 0 Å². The zero-order valence-electron chi connectivity index (χ0n) is 11.6. The first-order valence-corrected chi connectivity index (χ1v) is 6.53. The number of phenols is 2. The lowest BCUT2D eigenvalue weighted by atomic mass is 10.2. The minimum atomic E-state index is -0.515. The van der Waals surface area contributed by atoms with Crippen molar-refractivity contribution in [2.45, 2.75) is 0 Å². The van der Waals surface area contributed by atoms with Crippen molar-refractivity contribution < 1.29 is 19.0 Å². The molecule has 0 aromatic heterocycles. The molecule has 0 aliphatic carbocycles. The predicted octanol–water partition coefficient (Wildman–Crippen LogP) is 2.91. The van der Waals surface area contributed by atoms with E-state index in [9.17, 15) is 19.0 Å². The van der Waals surface area contributed by atoms with E-state index >= 15 is 0 Å². The van der Waals surface area contributed by atoms with Crippen molar-refractivity contribution in [3.8, 4) is 11.5 Å². The van der Waals surface area contributed by atoms with Crippen LogP contribution in [0.2, 0.25) is 0 Å². The molecule has 0 fully saturated rings. The van der Waals surface area contributed by atoms with Gasteiger partial charge in [-0.2, -0.15) is 0 Å². The highest BCUT2D eigenvalue weighted by atomic mass is 19.1. The number of nitrogens with zero attached hydrogens (tertiary/aromatic N) is 2. The molecular weight excluding hydrogens is 290 g/mol. The Morgan fingerprint density at radius 3 is 1.55 bits per heavy atom. The highest BCUT2D eigenvalue weighted by molar-refractivity contribution is 5.84. The number of aromatic hydroxyl groups is 2. The van der Waals surface area contributed by atoms with Gasteiger partial charge in [0.1, 0.15) is 23.1 Å². The van der Waals surface area contributed by atoms with Gasteiger partial charge in [0.15, 0.2) is 0 Å². The number of benzene rings is 2.